The van der Waals surface area contributed by atoms with E-state index >= 15 is 0 Å². The Morgan fingerprint density at radius 3 is 2.26 bits per heavy atom. The van der Waals surface area contributed by atoms with Crippen molar-refractivity contribution in [3.8, 4) is 0 Å². The van der Waals surface area contributed by atoms with E-state index in [0.717, 1.165) is 5.56 Å². The molecule has 144 valence electrons. The number of anilines is 1. The summed E-state index contributed by atoms with van der Waals surface area (Å²) in [7, 11) is -3.84. The number of hydrogen-bond donors (Lipinski definition) is 2. The highest BCUT2D eigenvalue weighted by Gasteiger charge is 2.20. The summed E-state index contributed by atoms with van der Waals surface area (Å²) < 4.78 is 31.4. The third-order valence-corrected chi connectivity index (χ3v) is 5.20. The molecule has 0 saturated heterocycles. The first-order valence-corrected chi connectivity index (χ1v) is 9.86. The van der Waals surface area contributed by atoms with Gasteiger partial charge in [0.25, 0.3) is 5.91 Å². The first-order valence-electron chi connectivity index (χ1n) is 7.99. The lowest BCUT2D eigenvalue weighted by Gasteiger charge is -2.14. The van der Waals surface area contributed by atoms with Crippen molar-refractivity contribution in [3.63, 3.8) is 0 Å². The van der Waals surface area contributed by atoms with Crippen LogP contribution in [0.15, 0.2) is 53.4 Å². The highest BCUT2D eigenvalue weighted by molar-refractivity contribution is 7.89. The second-order valence-corrected chi connectivity index (χ2v) is 7.97. The molecule has 0 saturated carbocycles. The summed E-state index contributed by atoms with van der Waals surface area (Å²) in [6, 6.07) is 12.6. The van der Waals surface area contributed by atoms with Crippen LogP contribution in [0.4, 0.5) is 5.69 Å². The van der Waals surface area contributed by atoms with Gasteiger partial charge in [0.05, 0.1) is 4.90 Å². The maximum absolute atomic E-state index is 12.1. The maximum atomic E-state index is 12.1. The number of carbonyl (C=O) groups excluding carboxylic acids is 2. The van der Waals surface area contributed by atoms with Crippen LogP contribution in [-0.4, -0.2) is 32.9 Å². The van der Waals surface area contributed by atoms with Crippen LogP contribution in [0.3, 0.4) is 0 Å². The molecule has 0 aliphatic rings. The zero-order valence-electron chi connectivity index (χ0n) is 14.7. The number of rotatable bonds is 7. The fraction of sp³-hybridized carbons (Fsp3) is 0.222. The average Bonchev–Trinajstić information content (AvgIpc) is 2.62. The molecule has 2 N–H and O–H groups in total. The topological polar surface area (TPSA) is 102 Å². The molecule has 0 heterocycles. The van der Waals surface area contributed by atoms with Crippen molar-refractivity contribution in [1.82, 2.24) is 4.72 Å². The minimum absolute atomic E-state index is 0.0365. The van der Waals surface area contributed by atoms with Gasteiger partial charge in [-0.1, -0.05) is 29.3 Å². The SMILES string of the molecule is Cc1ccc(S(=O)(=O)NCC(=O)O[C@H](C)C(=O)Nc2ccc(Cl)cc2)cc1. The number of ether oxygens (including phenoxy) is 1. The number of carbonyl (C=O) groups is 2. The van der Waals surface area contributed by atoms with Gasteiger partial charge < -0.3 is 10.1 Å². The van der Waals surface area contributed by atoms with Gasteiger partial charge in [0.15, 0.2) is 6.10 Å². The molecule has 0 bridgehead atoms. The van der Waals surface area contributed by atoms with Crippen LogP contribution in [0.1, 0.15) is 12.5 Å². The van der Waals surface area contributed by atoms with Gasteiger partial charge in [0.2, 0.25) is 10.0 Å². The molecular formula is C18H19ClN2O5S. The lowest BCUT2D eigenvalue weighted by atomic mass is 10.2. The zero-order valence-corrected chi connectivity index (χ0v) is 16.3. The molecule has 9 heteroatoms. The highest BCUT2D eigenvalue weighted by atomic mass is 35.5. The number of nitrogens with one attached hydrogen (secondary N) is 2. The third-order valence-electron chi connectivity index (χ3n) is 3.53. The number of hydrogen-bond acceptors (Lipinski definition) is 5. The first-order chi connectivity index (χ1) is 12.7. The van der Waals surface area contributed by atoms with E-state index in [1.54, 1.807) is 36.4 Å². The Morgan fingerprint density at radius 1 is 1.07 bits per heavy atom. The summed E-state index contributed by atoms with van der Waals surface area (Å²) in [5.74, 6) is -1.42. The second-order valence-electron chi connectivity index (χ2n) is 5.77. The largest absolute Gasteiger partial charge is 0.452 e. The van der Waals surface area contributed by atoms with Crippen molar-refractivity contribution in [3.05, 3.63) is 59.1 Å². The van der Waals surface area contributed by atoms with Gasteiger partial charge in [-0.3, -0.25) is 9.59 Å². The van der Waals surface area contributed by atoms with E-state index in [9.17, 15) is 18.0 Å². The van der Waals surface area contributed by atoms with E-state index < -0.39 is 34.5 Å². The first kappa shape index (κ1) is 20.9. The van der Waals surface area contributed by atoms with E-state index in [-0.39, 0.29) is 4.90 Å². The van der Waals surface area contributed by atoms with E-state index in [2.05, 4.69) is 10.0 Å². The van der Waals surface area contributed by atoms with Crippen LogP contribution in [0.2, 0.25) is 5.02 Å². The van der Waals surface area contributed by atoms with Crippen molar-refractivity contribution < 1.29 is 22.7 Å². The fourth-order valence-corrected chi connectivity index (χ4v) is 3.12. The van der Waals surface area contributed by atoms with Crippen LogP contribution >= 0.6 is 11.6 Å². The van der Waals surface area contributed by atoms with Gasteiger partial charge >= 0.3 is 5.97 Å². The molecule has 1 atom stereocenters. The number of halogens is 1. The molecule has 0 aromatic heterocycles. The molecule has 0 unspecified atom stereocenters. The summed E-state index contributed by atoms with van der Waals surface area (Å²) >= 11 is 5.77. The Balaban J connectivity index is 1.86. The normalized spacial score (nSPS) is 12.3. The number of aryl methyl sites for hydroxylation is 1. The van der Waals surface area contributed by atoms with Gasteiger partial charge in [0, 0.05) is 10.7 Å². The molecule has 0 fully saturated rings. The van der Waals surface area contributed by atoms with E-state index in [0.29, 0.717) is 10.7 Å². The standard InChI is InChI=1S/C18H19ClN2O5S/c1-12-3-9-16(10-4-12)27(24,25)20-11-17(22)26-13(2)18(23)21-15-7-5-14(19)6-8-15/h3-10,13,20H,11H2,1-2H3,(H,21,23)/t13-/m1/s1. The summed E-state index contributed by atoms with van der Waals surface area (Å²) in [6.07, 6.45) is -1.10. The summed E-state index contributed by atoms with van der Waals surface area (Å²) in [5, 5.41) is 3.09. The Hall–Kier alpha value is -2.42. The zero-order chi connectivity index (χ0) is 20.0. The third kappa shape index (κ3) is 6.35. The maximum Gasteiger partial charge on any atom is 0.321 e. The minimum Gasteiger partial charge on any atom is -0.452 e. The summed E-state index contributed by atoms with van der Waals surface area (Å²) in [5.41, 5.74) is 1.40. The Morgan fingerprint density at radius 2 is 1.67 bits per heavy atom. The summed E-state index contributed by atoms with van der Waals surface area (Å²) in [4.78, 5) is 23.9. The lowest BCUT2D eigenvalue weighted by Crippen LogP contribution is -2.35. The molecule has 1 amide bonds. The van der Waals surface area contributed by atoms with Crippen molar-refractivity contribution >= 4 is 39.2 Å². The smallest absolute Gasteiger partial charge is 0.321 e. The van der Waals surface area contributed by atoms with Gasteiger partial charge in [-0.05, 0) is 50.2 Å². The number of amides is 1. The monoisotopic (exact) mass is 410 g/mol. The van der Waals surface area contributed by atoms with Gasteiger partial charge in [-0.15, -0.1) is 0 Å². The van der Waals surface area contributed by atoms with Crippen molar-refractivity contribution in [2.45, 2.75) is 24.8 Å². The van der Waals surface area contributed by atoms with E-state index in [1.807, 2.05) is 6.92 Å². The van der Waals surface area contributed by atoms with Crippen LogP contribution < -0.4 is 10.0 Å². The van der Waals surface area contributed by atoms with E-state index in [4.69, 9.17) is 16.3 Å². The second kappa shape index (κ2) is 8.98. The number of esters is 1. The molecule has 0 spiro atoms. The van der Waals surface area contributed by atoms with Crippen LogP contribution in [0.25, 0.3) is 0 Å². The molecule has 0 aliphatic carbocycles. The quantitative estimate of drug-likeness (QED) is 0.683. The van der Waals surface area contributed by atoms with E-state index in [1.165, 1.54) is 19.1 Å². The Kier molecular flexibility index (Phi) is 6.95. The van der Waals surface area contributed by atoms with Crippen LogP contribution in [-0.2, 0) is 24.3 Å². The minimum atomic E-state index is -3.84. The molecule has 2 aromatic carbocycles. The molecular weight excluding hydrogens is 392 g/mol. The van der Waals surface area contributed by atoms with Crippen molar-refractivity contribution in [1.29, 1.82) is 0 Å². The highest BCUT2D eigenvalue weighted by Crippen LogP contribution is 2.14. The molecule has 2 aromatic rings. The lowest BCUT2D eigenvalue weighted by molar-refractivity contribution is -0.151. The van der Waals surface area contributed by atoms with Crippen LogP contribution in [0.5, 0.6) is 0 Å². The fourth-order valence-electron chi connectivity index (χ4n) is 2.02. The molecule has 0 aliphatic heterocycles. The molecule has 2 rings (SSSR count). The van der Waals surface area contributed by atoms with Crippen LogP contribution in [0, 0.1) is 6.92 Å². The van der Waals surface area contributed by atoms with Crippen molar-refractivity contribution in [2.75, 3.05) is 11.9 Å². The Bertz CT molecular complexity index is 912. The molecule has 7 nitrogen and oxygen atoms in total. The van der Waals surface area contributed by atoms with Gasteiger partial charge in [-0.2, -0.15) is 4.72 Å². The Labute approximate surface area is 162 Å². The predicted molar refractivity (Wildman–Crippen MR) is 102 cm³/mol. The molecule has 0 radical (unpaired) electrons. The van der Waals surface area contributed by atoms with Gasteiger partial charge in [-0.25, -0.2) is 8.42 Å². The van der Waals surface area contributed by atoms with Crippen molar-refractivity contribution in [2.24, 2.45) is 0 Å². The summed E-state index contributed by atoms with van der Waals surface area (Å²) in [6.45, 7) is 2.63. The number of sulfonamides is 1. The number of benzene rings is 2. The average molecular weight is 411 g/mol. The predicted octanol–water partition coefficient (Wildman–Crippen LogP) is 2.50. The molecule has 27 heavy (non-hydrogen) atoms. The van der Waals surface area contributed by atoms with Gasteiger partial charge in [0.1, 0.15) is 6.54 Å².